The molecule has 0 aromatic carbocycles. The number of likely N-dealkylation sites (N-methyl/N-ethyl adjacent to an activating group) is 1. The number of rotatable bonds is 41. The van der Waals surface area contributed by atoms with Crippen LogP contribution >= 0.6 is 7.82 Å². The highest BCUT2D eigenvalue weighted by molar-refractivity contribution is 7.47. The van der Waals surface area contributed by atoms with Gasteiger partial charge < -0.3 is 18.9 Å². The number of ether oxygens (including phenoxy) is 2. The molecule has 0 heterocycles. The lowest BCUT2D eigenvalue weighted by Gasteiger charge is -2.24. The summed E-state index contributed by atoms with van der Waals surface area (Å²) in [5.41, 5.74) is 0. The van der Waals surface area contributed by atoms with Crippen molar-refractivity contribution >= 4 is 13.8 Å². The molecule has 8 nitrogen and oxygen atoms in total. The van der Waals surface area contributed by atoms with Crippen molar-refractivity contribution in [3.05, 3.63) is 48.6 Å². The van der Waals surface area contributed by atoms with Crippen molar-refractivity contribution in [2.45, 2.75) is 187 Å². The number of unbranched alkanes of at least 4 members (excludes halogenated alkanes) is 19. The van der Waals surface area contributed by atoms with E-state index in [1.807, 2.05) is 21.1 Å². The molecular weight excluding hydrogens is 709 g/mol. The van der Waals surface area contributed by atoms with Crippen molar-refractivity contribution in [2.24, 2.45) is 0 Å². The normalized spacial score (nSPS) is 14.2. The number of phosphoric ester groups is 1. The third-order valence-electron chi connectivity index (χ3n) is 9.36. The molecule has 1 N–H and O–H groups in total. The topological polar surface area (TPSA) is 91.3 Å². The summed E-state index contributed by atoms with van der Waals surface area (Å²) in [7, 11) is 1.65. The largest absolute Gasteiger partial charge is 0.472 e. The molecular formula is C46H87NO7P+. The van der Waals surface area contributed by atoms with E-state index in [0.717, 1.165) is 57.8 Å². The number of hydrogen-bond donors (Lipinski definition) is 1. The second kappa shape index (κ2) is 39.3. The molecule has 0 fully saturated rings. The lowest BCUT2D eigenvalue weighted by atomic mass is 10.1. The number of phosphoric acid groups is 1. The van der Waals surface area contributed by atoms with Gasteiger partial charge in [-0.2, -0.15) is 0 Å². The zero-order valence-corrected chi connectivity index (χ0v) is 37.3. The van der Waals surface area contributed by atoms with Crippen molar-refractivity contribution in [3.8, 4) is 0 Å². The molecule has 0 aromatic rings. The van der Waals surface area contributed by atoms with E-state index in [-0.39, 0.29) is 25.8 Å². The Morgan fingerprint density at radius 2 is 1.00 bits per heavy atom. The molecule has 2 atom stereocenters. The van der Waals surface area contributed by atoms with Crippen LogP contribution in [0.2, 0.25) is 0 Å². The minimum absolute atomic E-state index is 0.0833. The van der Waals surface area contributed by atoms with Gasteiger partial charge in [-0.05, 0) is 77.0 Å². The van der Waals surface area contributed by atoms with Crippen LogP contribution in [0.5, 0.6) is 0 Å². The van der Waals surface area contributed by atoms with Gasteiger partial charge in [0, 0.05) is 13.0 Å². The SMILES string of the molecule is CCCCC/C=C\C/C=C\CCCCCCCCCC(=O)OC(COCCCCCCCC/C=C\C/C=C\CCCCC)COP(=O)(O)OCC[N+](C)(C)C. The van der Waals surface area contributed by atoms with Crippen LogP contribution in [0.3, 0.4) is 0 Å². The first kappa shape index (κ1) is 53.5. The van der Waals surface area contributed by atoms with E-state index in [4.69, 9.17) is 18.5 Å². The summed E-state index contributed by atoms with van der Waals surface area (Å²) in [5, 5.41) is 0. The average Bonchev–Trinajstić information content (AvgIpc) is 3.13. The Hall–Kier alpha value is -1.54. The maximum atomic E-state index is 12.7. The fraction of sp³-hybridized carbons (Fsp3) is 0.804. The monoisotopic (exact) mass is 797 g/mol. The Kier molecular flexibility index (Phi) is 38.2. The van der Waals surface area contributed by atoms with Gasteiger partial charge in [-0.3, -0.25) is 13.8 Å². The number of quaternary nitrogens is 1. The quantitative estimate of drug-likeness (QED) is 0.0217. The lowest BCUT2D eigenvalue weighted by Crippen LogP contribution is -2.37. The van der Waals surface area contributed by atoms with Gasteiger partial charge in [0.2, 0.25) is 0 Å². The first-order chi connectivity index (χ1) is 26.6. The minimum atomic E-state index is -4.28. The lowest BCUT2D eigenvalue weighted by molar-refractivity contribution is -0.870. The number of nitrogens with zero attached hydrogens (tertiary/aromatic N) is 1. The maximum Gasteiger partial charge on any atom is 0.472 e. The molecule has 0 aliphatic rings. The third-order valence-corrected chi connectivity index (χ3v) is 10.3. The Labute approximate surface area is 339 Å². The van der Waals surface area contributed by atoms with Gasteiger partial charge >= 0.3 is 13.8 Å². The van der Waals surface area contributed by atoms with Crippen LogP contribution in [-0.2, 0) is 27.9 Å². The highest BCUT2D eigenvalue weighted by Gasteiger charge is 2.26. The van der Waals surface area contributed by atoms with E-state index in [2.05, 4.69) is 62.5 Å². The number of carbonyl (C=O) groups excluding carboxylic acids is 1. The molecule has 0 radical (unpaired) electrons. The molecule has 0 bridgehead atoms. The molecule has 2 unspecified atom stereocenters. The first-order valence-electron chi connectivity index (χ1n) is 22.4. The number of allylic oxidation sites excluding steroid dienone is 8. The molecule has 55 heavy (non-hydrogen) atoms. The standard InChI is InChI=1S/C46H86NO7P/c1-6-8-10-12-14-16-18-20-22-24-25-27-29-31-33-35-37-39-46(48)54-45(44-53-55(49,50)52-42-40-47(3,4)5)43-51-41-38-36-34-32-30-28-26-23-21-19-17-15-13-11-9-7-2/h14-17,20-23,45H,6-13,18-19,24-44H2,1-5H3/p+1/b16-14-,17-15-,22-20-,23-21-. The average molecular weight is 797 g/mol. The zero-order chi connectivity index (χ0) is 40.6. The van der Waals surface area contributed by atoms with E-state index in [0.29, 0.717) is 24.1 Å². The van der Waals surface area contributed by atoms with E-state index in [1.54, 1.807) is 0 Å². The van der Waals surface area contributed by atoms with Crippen LogP contribution in [0.1, 0.15) is 181 Å². The second-order valence-corrected chi connectivity index (χ2v) is 17.5. The van der Waals surface area contributed by atoms with Crippen molar-refractivity contribution in [3.63, 3.8) is 0 Å². The molecule has 0 aliphatic carbocycles. The first-order valence-corrected chi connectivity index (χ1v) is 23.9. The smallest absolute Gasteiger partial charge is 0.457 e. The Morgan fingerprint density at radius 3 is 1.47 bits per heavy atom. The van der Waals surface area contributed by atoms with Crippen LogP contribution in [0.25, 0.3) is 0 Å². The molecule has 0 aliphatic heterocycles. The number of hydrogen-bond acceptors (Lipinski definition) is 6. The highest BCUT2D eigenvalue weighted by Crippen LogP contribution is 2.43. The van der Waals surface area contributed by atoms with Crippen molar-refractivity contribution in [2.75, 3.05) is 54.1 Å². The van der Waals surface area contributed by atoms with Crippen molar-refractivity contribution < 1.29 is 37.3 Å². The summed E-state index contributed by atoms with van der Waals surface area (Å²) in [4.78, 5) is 22.9. The van der Waals surface area contributed by atoms with Crippen LogP contribution in [-0.4, -0.2) is 75.6 Å². The van der Waals surface area contributed by atoms with E-state index in [9.17, 15) is 14.3 Å². The molecule has 0 aromatic heterocycles. The summed E-state index contributed by atoms with van der Waals surface area (Å²) in [6.07, 6.45) is 47.1. The summed E-state index contributed by atoms with van der Waals surface area (Å²) in [6.45, 7) is 5.54. The van der Waals surface area contributed by atoms with Crippen LogP contribution in [0.15, 0.2) is 48.6 Å². The predicted molar refractivity (Wildman–Crippen MR) is 233 cm³/mol. The highest BCUT2D eigenvalue weighted by atomic mass is 31.2. The zero-order valence-electron chi connectivity index (χ0n) is 36.4. The molecule has 0 saturated heterocycles. The summed E-state index contributed by atoms with van der Waals surface area (Å²) >= 11 is 0. The molecule has 0 rings (SSSR count). The second-order valence-electron chi connectivity index (χ2n) is 16.1. The fourth-order valence-electron chi connectivity index (χ4n) is 5.85. The van der Waals surface area contributed by atoms with Crippen LogP contribution < -0.4 is 0 Å². The number of esters is 1. The molecule has 0 saturated carbocycles. The van der Waals surface area contributed by atoms with Crippen molar-refractivity contribution in [1.82, 2.24) is 0 Å². The summed E-state index contributed by atoms with van der Waals surface area (Å²) < 4.78 is 35.0. The van der Waals surface area contributed by atoms with Crippen LogP contribution in [0, 0.1) is 0 Å². The van der Waals surface area contributed by atoms with Gasteiger partial charge in [-0.15, -0.1) is 0 Å². The van der Waals surface area contributed by atoms with Gasteiger partial charge in [0.25, 0.3) is 0 Å². The van der Waals surface area contributed by atoms with E-state index < -0.39 is 13.9 Å². The van der Waals surface area contributed by atoms with Crippen LogP contribution in [0.4, 0.5) is 0 Å². The molecule has 9 heteroatoms. The van der Waals surface area contributed by atoms with Gasteiger partial charge in [0.15, 0.2) is 0 Å². The molecule has 0 amide bonds. The summed E-state index contributed by atoms with van der Waals surface area (Å²) in [6, 6.07) is 0. The van der Waals surface area contributed by atoms with Crippen molar-refractivity contribution in [1.29, 1.82) is 0 Å². The number of carbonyl (C=O) groups is 1. The minimum Gasteiger partial charge on any atom is -0.457 e. The Morgan fingerprint density at radius 1 is 0.564 bits per heavy atom. The molecule has 322 valence electrons. The van der Waals surface area contributed by atoms with E-state index >= 15 is 0 Å². The van der Waals surface area contributed by atoms with Gasteiger partial charge in [0.05, 0.1) is 34.4 Å². The predicted octanol–water partition coefficient (Wildman–Crippen LogP) is 13.2. The summed E-state index contributed by atoms with van der Waals surface area (Å²) in [5.74, 6) is -0.327. The Bertz CT molecular complexity index is 1020. The maximum absolute atomic E-state index is 12.7. The van der Waals surface area contributed by atoms with Gasteiger partial charge in [-0.25, -0.2) is 4.57 Å². The molecule has 0 spiro atoms. The van der Waals surface area contributed by atoms with Gasteiger partial charge in [-0.1, -0.05) is 146 Å². The third kappa shape index (κ3) is 43.4. The Balaban J connectivity index is 4.27. The fourth-order valence-corrected chi connectivity index (χ4v) is 6.59. The van der Waals surface area contributed by atoms with Gasteiger partial charge in [0.1, 0.15) is 19.3 Å². The van der Waals surface area contributed by atoms with E-state index in [1.165, 1.54) is 103 Å².